The molecular formula is C17H28N2O2. The summed E-state index contributed by atoms with van der Waals surface area (Å²) in [5.41, 5.74) is 2.03. The third-order valence-corrected chi connectivity index (χ3v) is 4.24. The van der Waals surface area contributed by atoms with Crippen LogP contribution in [0.3, 0.4) is 0 Å². The van der Waals surface area contributed by atoms with Crippen LogP contribution in [-0.4, -0.2) is 36.4 Å². The summed E-state index contributed by atoms with van der Waals surface area (Å²) >= 11 is 0. The Morgan fingerprint density at radius 3 is 2.76 bits per heavy atom. The highest BCUT2D eigenvalue weighted by Crippen LogP contribution is 2.36. The smallest absolute Gasteiger partial charge is 0.129 e. The molecule has 0 aliphatic heterocycles. The minimum atomic E-state index is 0.0716. The van der Waals surface area contributed by atoms with Gasteiger partial charge in [-0.25, -0.2) is 4.98 Å². The molecule has 4 nitrogen and oxygen atoms in total. The van der Waals surface area contributed by atoms with Gasteiger partial charge in [-0.05, 0) is 49.8 Å². The van der Waals surface area contributed by atoms with E-state index in [1.54, 1.807) is 7.11 Å². The highest BCUT2D eigenvalue weighted by molar-refractivity contribution is 5.44. The molecule has 0 spiro atoms. The van der Waals surface area contributed by atoms with Gasteiger partial charge in [-0.2, -0.15) is 0 Å². The fourth-order valence-corrected chi connectivity index (χ4v) is 2.81. The van der Waals surface area contributed by atoms with E-state index in [1.807, 2.05) is 12.1 Å². The lowest BCUT2D eigenvalue weighted by molar-refractivity contribution is 0.202. The second-order valence-electron chi connectivity index (χ2n) is 6.00. The highest BCUT2D eigenvalue weighted by atomic mass is 16.5. The van der Waals surface area contributed by atoms with Crippen LogP contribution in [0.4, 0.5) is 5.82 Å². The van der Waals surface area contributed by atoms with E-state index in [9.17, 15) is 5.11 Å². The molecule has 1 saturated carbocycles. The first kappa shape index (κ1) is 16.2. The number of hydrogen-bond donors (Lipinski definition) is 1. The zero-order chi connectivity index (χ0) is 15.2. The number of aliphatic hydroxyl groups is 1. The van der Waals surface area contributed by atoms with Crippen molar-refractivity contribution in [3.8, 4) is 0 Å². The molecule has 0 aromatic carbocycles. The Morgan fingerprint density at radius 1 is 1.43 bits per heavy atom. The maximum atomic E-state index is 9.50. The summed E-state index contributed by atoms with van der Waals surface area (Å²) in [6.45, 7) is 6.05. The Morgan fingerprint density at radius 2 is 2.19 bits per heavy atom. The Hall–Kier alpha value is -1.13. The van der Waals surface area contributed by atoms with Crippen LogP contribution in [0, 0.1) is 5.92 Å². The molecule has 2 rings (SSSR count). The van der Waals surface area contributed by atoms with Crippen LogP contribution in [0.15, 0.2) is 12.1 Å². The fraction of sp³-hybridized carbons (Fsp3) is 0.706. The second-order valence-corrected chi connectivity index (χ2v) is 6.00. The summed E-state index contributed by atoms with van der Waals surface area (Å²) in [5.74, 6) is 1.76. The monoisotopic (exact) mass is 292 g/mol. The topological polar surface area (TPSA) is 45.6 Å². The van der Waals surface area contributed by atoms with Crippen molar-refractivity contribution in [2.45, 2.75) is 52.2 Å². The van der Waals surface area contributed by atoms with E-state index in [0.717, 1.165) is 42.4 Å². The lowest BCUT2D eigenvalue weighted by Gasteiger charge is -2.31. The normalized spacial score (nSPS) is 16.0. The number of aryl methyl sites for hydroxylation is 1. The lowest BCUT2D eigenvalue weighted by Crippen LogP contribution is -2.38. The molecule has 118 valence electrons. The number of nitrogens with zero attached hydrogens (tertiary/aromatic N) is 2. The van der Waals surface area contributed by atoms with Crippen LogP contribution in [0.5, 0.6) is 0 Å². The molecule has 1 N–H and O–H groups in total. The maximum absolute atomic E-state index is 9.50. The van der Waals surface area contributed by atoms with Gasteiger partial charge < -0.3 is 14.7 Å². The number of anilines is 1. The average Bonchev–Trinajstić information content (AvgIpc) is 3.32. The summed E-state index contributed by atoms with van der Waals surface area (Å²) < 4.78 is 5.26. The van der Waals surface area contributed by atoms with Crippen LogP contribution in [0.1, 0.15) is 44.4 Å². The Balaban J connectivity index is 2.25. The Labute approximate surface area is 128 Å². The molecule has 0 bridgehead atoms. The van der Waals surface area contributed by atoms with Gasteiger partial charge in [0.15, 0.2) is 0 Å². The summed E-state index contributed by atoms with van der Waals surface area (Å²) in [7, 11) is 1.74. The quantitative estimate of drug-likeness (QED) is 0.760. The van der Waals surface area contributed by atoms with E-state index in [1.165, 1.54) is 12.8 Å². The third-order valence-electron chi connectivity index (χ3n) is 4.24. The number of ether oxygens (including phenoxy) is 1. The summed E-state index contributed by atoms with van der Waals surface area (Å²) in [5, 5.41) is 9.50. The lowest BCUT2D eigenvalue weighted by atomic mass is 10.1. The van der Waals surface area contributed by atoms with Crippen molar-refractivity contribution in [2.75, 3.05) is 25.2 Å². The molecular weight excluding hydrogens is 264 g/mol. The molecule has 0 saturated heterocycles. The van der Waals surface area contributed by atoms with Crippen LogP contribution < -0.4 is 4.90 Å². The van der Waals surface area contributed by atoms with E-state index in [2.05, 4.69) is 18.7 Å². The van der Waals surface area contributed by atoms with Gasteiger partial charge in [0.25, 0.3) is 0 Å². The van der Waals surface area contributed by atoms with Crippen molar-refractivity contribution >= 4 is 5.82 Å². The number of aliphatic hydroxyl groups excluding tert-OH is 1. The molecule has 4 heteroatoms. The van der Waals surface area contributed by atoms with Gasteiger partial charge in [0.2, 0.25) is 0 Å². The number of rotatable bonds is 9. The molecule has 1 atom stereocenters. The highest BCUT2D eigenvalue weighted by Gasteiger charge is 2.32. The second kappa shape index (κ2) is 7.76. The predicted molar refractivity (Wildman–Crippen MR) is 85.6 cm³/mol. The van der Waals surface area contributed by atoms with Crippen molar-refractivity contribution in [1.29, 1.82) is 0 Å². The minimum Gasteiger partial charge on any atom is -0.392 e. The number of hydrogen-bond acceptors (Lipinski definition) is 4. The zero-order valence-corrected chi connectivity index (χ0v) is 13.5. The third kappa shape index (κ3) is 4.42. The van der Waals surface area contributed by atoms with Crippen LogP contribution in [0.25, 0.3) is 0 Å². The van der Waals surface area contributed by atoms with Gasteiger partial charge in [-0.15, -0.1) is 0 Å². The van der Waals surface area contributed by atoms with Crippen LogP contribution in [0.2, 0.25) is 0 Å². The molecule has 1 aromatic heterocycles. The molecule has 0 amide bonds. The molecule has 1 unspecified atom stereocenters. The SMILES string of the molecule is CCCc1cc(CO)cc(N(CCOC)C(C)C2CC2)n1. The van der Waals surface area contributed by atoms with Gasteiger partial charge in [0.1, 0.15) is 5.82 Å². The average molecular weight is 292 g/mol. The largest absolute Gasteiger partial charge is 0.392 e. The van der Waals surface area contributed by atoms with Crippen LogP contribution in [-0.2, 0) is 17.8 Å². The molecule has 0 radical (unpaired) electrons. The summed E-state index contributed by atoms with van der Waals surface area (Å²) in [6.07, 6.45) is 4.65. The predicted octanol–water partition coefficient (Wildman–Crippen LogP) is 2.78. The van der Waals surface area contributed by atoms with E-state index in [4.69, 9.17) is 9.72 Å². The zero-order valence-electron chi connectivity index (χ0n) is 13.5. The first-order valence-electron chi connectivity index (χ1n) is 8.05. The molecule has 1 aromatic rings. The van der Waals surface area contributed by atoms with Crippen molar-refractivity contribution in [2.24, 2.45) is 5.92 Å². The first-order chi connectivity index (χ1) is 10.2. The minimum absolute atomic E-state index is 0.0716. The number of aromatic nitrogens is 1. The van der Waals surface area contributed by atoms with Crippen molar-refractivity contribution in [3.05, 3.63) is 23.4 Å². The molecule has 1 aliphatic carbocycles. The van der Waals surface area contributed by atoms with Gasteiger partial charge in [-0.1, -0.05) is 13.3 Å². The summed E-state index contributed by atoms with van der Waals surface area (Å²) in [4.78, 5) is 7.16. The molecule has 1 heterocycles. The standard InChI is InChI=1S/C17H28N2O2/c1-4-5-16-10-14(12-20)11-17(18-16)19(8-9-21-3)13(2)15-6-7-15/h10-11,13,15,20H,4-9,12H2,1-3H3. The van der Waals surface area contributed by atoms with Gasteiger partial charge in [0, 0.05) is 25.4 Å². The van der Waals surface area contributed by atoms with Gasteiger partial charge >= 0.3 is 0 Å². The maximum Gasteiger partial charge on any atom is 0.129 e. The fourth-order valence-electron chi connectivity index (χ4n) is 2.81. The van der Waals surface area contributed by atoms with E-state index < -0.39 is 0 Å². The molecule has 1 aliphatic rings. The van der Waals surface area contributed by atoms with Crippen LogP contribution >= 0.6 is 0 Å². The molecule has 1 fully saturated rings. The Kier molecular flexibility index (Phi) is 6.00. The number of pyridine rings is 1. The molecule has 21 heavy (non-hydrogen) atoms. The van der Waals surface area contributed by atoms with Gasteiger partial charge in [0.05, 0.1) is 13.2 Å². The number of methoxy groups -OCH3 is 1. The summed E-state index contributed by atoms with van der Waals surface area (Å²) in [6, 6.07) is 4.52. The van der Waals surface area contributed by atoms with Gasteiger partial charge in [-0.3, -0.25) is 0 Å². The van der Waals surface area contributed by atoms with E-state index >= 15 is 0 Å². The van der Waals surface area contributed by atoms with Crippen molar-refractivity contribution in [3.63, 3.8) is 0 Å². The van der Waals surface area contributed by atoms with Crippen molar-refractivity contribution in [1.82, 2.24) is 4.98 Å². The Bertz CT molecular complexity index is 446. The van der Waals surface area contributed by atoms with Crippen molar-refractivity contribution < 1.29 is 9.84 Å². The first-order valence-corrected chi connectivity index (χ1v) is 8.05. The van der Waals surface area contributed by atoms with E-state index in [0.29, 0.717) is 12.6 Å². The van der Waals surface area contributed by atoms with E-state index in [-0.39, 0.29) is 6.61 Å².